The Bertz CT molecular complexity index is 401. The summed E-state index contributed by atoms with van der Waals surface area (Å²) in [7, 11) is 0. The van der Waals surface area contributed by atoms with E-state index in [4.69, 9.17) is 4.74 Å². The van der Waals surface area contributed by atoms with Crippen molar-refractivity contribution in [3.63, 3.8) is 0 Å². The molecule has 2 rings (SSSR count). The first-order chi connectivity index (χ1) is 9.94. The summed E-state index contributed by atoms with van der Waals surface area (Å²) in [5.74, 6) is 0.868. The number of rotatable bonds is 5. The van der Waals surface area contributed by atoms with E-state index in [1.807, 2.05) is 0 Å². The van der Waals surface area contributed by atoms with Crippen LogP contribution >= 0.6 is 0 Å². The Hall–Kier alpha value is -0.860. The van der Waals surface area contributed by atoms with Crippen LogP contribution in [0.1, 0.15) is 65.0 Å². The molecule has 0 aromatic heterocycles. The zero-order chi connectivity index (χ0) is 15.3. The van der Waals surface area contributed by atoms with Crippen molar-refractivity contribution < 1.29 is 4.74 Å². The van der Waals surface area contributed by atoms with Crippen LogP contribution in [0.3, 0.4) is 0 Å². The minimum atomic E-state index is 0.122. The Labute approximate surface area is 130 Å². The minimum absolute atomic E-state index is 0.122. The van der Waals surface area contributed by atoms with Gasteiger partial charge >= 0.3 is 0 Å². The predicted octanol–water partition coefficient (Wildman–Crippen LogP) is 4.71. The molecule has 1 aliphatic rings. The monoisotopic (exact) mass is 289 g/mol. The standard InChI is InChI=1S/C19H31NO/c1-15-10-12-17(13-11-15)21-18(14-20-19(2,3)4)16-8-6-5-7-9-16/h5-9,15,17-18,20H,10-14H2,1-4H3. The summed E-state index contributed by atoms with van der Waals surface area (Å²) in [6.45, 7) is 9.84. The molecule has 1 aromatic carbocycles. The lowest BCUT2D eigenvalue weighted by molar-refractivity contribution is -0.0383. The van der Waals surface area contributed by atoms with E-state index in [-0.39, 0.29) is 11.6 Å². The second-order valence-electron chi connectivity index (χ2n) is 7.55. The van der Waals surface area contributed by atoms with Gasteiger partial charge in [0.05, 0.1) is 12.2 Å². The Balaban J connectivity index is 1.98. The average Bonchev–Trinajstić information content (AvgIpc) is 2.45. The van der Waals surface area contributed by atoms with Crippen molar-refractivity contribution in [2.75, 3.05) is 6.54 Å². The number of ether oxygens (including phenoxy) is 1. The van der Waals surface area contributed by atoms with Gasteiger partial charge in [0.2, 0.25) is 0 Å². The van der Waals surface area contributed by atoms with E-state index < -0.39 is 0 Å². The smallest absolute Gasteiger partial charge is 0.0953 e. The SMILES string of the molecule is CC1CCC(OC(CNC(C)(C)C)c2ccccc2)CC1. The third kappa shape index (κ3) is 5.80. The van der Waals surface area contributed by atoms with Crippen molar-refractivity contribution in [1.82, 2.24) is 5.32 Å². The predicted molar refractivity (Wildman–Crippen MR) is 89.4 cm³/mol. The molecule has 0 bridgehead atoms. The first-order valence-electron chi connectivity index (χ1n) is 8.39. The summed E-state index contributed by atoms with van der Waals surface area (Å²) >= 11 is 0. The average molecular weight is 289 g/mol. The maximum absolute atomic E-state index is 6.46. The van der Waals surface area contributed by atoms with Gasteiger partial charge in [0, 0.05) is 12.1 Å². The van der Waals surface area contributed by atoms with Crippen molar-refractivity contribution in [3.8, 4) is 0 Å². The van der Waals surface area contributed by atoms with E-state index >= 15 is 0 Å². The summed E-state index contributed by atoms with van der Waals surface area (Å²) in [5, 5.41) is 3.59. The van der Waals surface area contributed by atoms with Crippen LogP contribution in [0.4, 0.5) is 0 Å². The van der Waals surface area contributed by atoms with Gasteiger partial charge in [-0.1, -0.05) is 37.3 Å². The Morgan fingerprint density at radius 1 is 1.10 bits per heavy atom. The van der Waals surface area contributed by atoms with Gasteiger partial charge in [-0.25, -0.2) is 0 Å². The molecular formula is C19H31NO. The highest BCUT2D eigenvalue weighted by Gasteiger charge is 2.24. The fraction of sp³-hybridized carbons (Fsp3) is 0.684. The molecular weight excluding hydrogens is 258 g/mol. The van der Waals surface area contributed by atoms with Gasteiger partial charge < -0.3 is 10.1 Å². The molecule has 1 aliphatic carbocycles. The van der Waals surface area contributed by atoms with Gasteiger partial charge in [-0.05, 0) is 57.9 Å². The summed E-state index contributed by atoms with van der Waals surface area (Å²) in [6.07, 6.45) is 5.61. The van der Waals surface area contributed by atoms with Crippen molar-refractivity contribution in [2.24, 2.45) is 5.92 Å². The van der Waals surface area contributed by atoms with E-state index in [0.717, 1.165) is 12.5 Å². The van der Waals surface area contributed by atoms with Crippen LogP contribution < -0.4 is 5.32 Å². The van der Waals surface area contributed by atoms with Crippen LogP contribution in [0.2, 0.25) is 0 Å². The Morgan fingerprint density at radius 3 is 2.29 bits per heavy atom. The topological polar surface area (TPSA) is 21.3 Å². The molecule has 1 aromatic rings. The first-order valence-corrected chi connectivity index (χ1v) is 8.39. The molecule has 0 radical (unpaired) electrons. The van der Waals surface area contributed by atoms with Crippen molar-refractivity contribution in [2.45, 2.75) is 71.1 Å². The molecule has 1 fully saturated rings. The number of benzene rings is 1. The molecule has 1 unspecified atom stereocenters. The Kier molecular flexibility index (Phi) is 5.83. The molecule has 118 valence electrons. The third-order valence-electron chi connectivity index (χ3n) is 4.31. The molecule has 0 spiro atoms. The fourth-order valence-corrected chi connectivity index (χ4v) is 2.91. The lowest BCUT2D eigenvalue weighted by Crippen LogP contribution is -2.40. The van der Waals surface area contributed by atoms with Gasteiger partial charge in [-0.3, -0.25) is 0 Å². The van der Waals surface area contributed by atoms with Crippen molar-refractivity contribution in [1.29, 1.82) is 0 Å². The molecule has 1 atom stereocenters. The van der Waals surface area contributed by atoms with E-state index in [9.17, 15) is 0 Å². The molecule has 21 heavy (non-hydrogen) atoms. The second kappa shape index (κ2) is 7.42. The summed E-state index contributed by atoms with van der Waals surface area (Å²) in [4.78, 5) is 0. The van der Waals surface area contributed by atoms with E-state index in [1.165, 1.54) is 31.2 Å². The number of hydrogen-bond donors (Lipinski definition) is 1. The van der Waals surface area contributed by atoms with Crippen molar-refractivity contribution >= 4 is 0 Å². The number of nitrogens with one attached hydrogen (secondary N) is 1. The quantitative estimate of drug-likeness (QED) is 0.847. The summed E-state index contributed by atoms with van der Waals surface area (Å²) in [6, 6.07) is 10.6. The van der Waals surface area contributed by atoms with Crippen LogP contribution in [0, 0.1) is 5.92 Å². The lowest BCUT2D eigenvalue weighted by atomic mass is 9.89. The maximum Gasteiger partial charge on any atom is 0.0953 e. The van der Waals surface area contributed by atoms with Gasteiger partial charge in [-0.2, -0.15) is 0 Å². The molecule has 1 N–H and O–H groups in total. The largest absolute Gasteiger partial charge is 0.369 e. The van der Waals surface area contributed by atoms with E-state index in [1.54, 1.807) is 0 Å². The summed E-state index contributed by atoms with van der Waals surface area (Å²) in [5.41, 5.74) is 1.41. The van der Waals surface area contributed by atoms with Crippen LogP contribution in [-0.2, 0) is 4.74 Å². The lowest BCUT2D eigenvalue weighted by Gasteiger charge is -2.32. The molecule has 0 amide bonds. The number of hydrogen-bond acceptors (Lipinski definition) is 2. The van der Waals surface area contributed by atoms with Crippen LogP contribution in [0.15, 0.2) is 30.3 Å². The zero-order valence-electron chi connectivity index (χ0n) is 14.1. The van der Waals surface area contributed by atoms with Gasteiger partial charge in [0.15, 0.2) is 0 Å². The Morgan fingerprint density at radius 2 is 1.71 bits per heavy atom. The van der Waals surface area contributed by atoms with Crippen LogP contribution in [0.25, 0.3) is 0 Å². The molecule has 0 saturated heterocycles. The van der Waals surface area contributed by atoms with Gasteiger partial charge in [0.1, 0.15) is 0 Å². The van der Waals surface area contributed by atoms with Crippen LogP contribution in [0.5, 0.6) is 0 Å². The highest BCUT2D eigenvalue weighted by molar-refractivity contribution is 5.18. The molecule has 2 heteroatoms. The normalized spacial score (nSPS) is 24.8. The van der Waals surface area contributed by atoms with E-state index in [0.29, 0.717) is 6.10 Å². The fourth-order valence-electron chi connectivity index (χ4n) is 2.91. The van der Waals surface area contributed by atoms with Crippen molar-refractivity contribution in [3.05, 3.63) is 35.9 Å². The minimum Gasteiger partial charge on any atom is -0.369 e. The molecule has 2 nitrogen and oxygen atoms in total. The second-order valence-corrected chi connectivity index (χ2v) is 7.55. The van der Waals surface area contributed by atoms with Gasteiger partial charge in [0.25, 0.3) is 0 Å². The van der Waals surface area contributed by atoms with E-state index in [2.05, 4.69) is 63.3 Å². The first kappa shape index (κ1) is 16.5. The highest BCUT2D eigenvalue weighted by atomic mass is 16.5. The van der Waals surface area contributed by atoms with Gasteiger partial charge in [-0.15, -0.1) is 0 Å². The molecule has 0 heterocycles. The third-order valence-corrected chi connectivity index (χ3v) is 4.31. The maximum atomic E-state index is 6.46. The molecule has 0 aliphatic heterocycles. The highest BCUT2D eigenvalue weighted by Crippen LogP contribution is 2.29. The summed E-state index contributed by atoms with van der Waals surface area (Å²) < 4.78 is 6.46. The zero-order valence-corrected chi connectivity index (χ0v) is 14.1. The molecule has 1 saturated carbocycles. The van der Waals surface area contributed by atoms with Crippen LogP contribution in [-0.4, -0.2) is 18.2 Å².